The maximum absolute atomic E-state index is 6.01. The Balaban J connectivity index is 1.98. The smallest absolute Gasteiger partial charge is 0.119 e. The van der Waals surface area contributed by atoms with Crippen LogP contribution in [0.5, 0.6) is 5.75 Å². The number of ether oxygens (including phenoxy) is 3. The van der Waals surface area contributed by atoms with Crippen LogP contribution in [-0.4, -0.2) is 40.5 Å². The van der Waals surface area contributed by atoms with E-state index in [1.165, 1.54) is 12.0 Å². The van der Waals surface area contributed by atoms with Crippen molar-refractivity contribution in [3.8, 4) is 5.75 Å². The van der Waals surface area contributed by atoms with Crippen LogP contribution in [0.1, 0.15) is 24.5 Å². The number of hydrogen-bond acceptors (Lipinski definition) is 4. The van der Waals surface area contributed by atoms with E-state index in [1.54, 1.807) is 14.2 Å². The van der Waals surface area contributed by atoms with E-state index >= 15 is 0 Å². The average Bonchev–Trinajstić information content (AvgIpc) is 2.52. The van der Waals surface area contributed by atoms with Crippen LogP contribution in [0.25, 0.3) is 0 Å². The quantitative estimate of drug-likeness (QED) is 0.778. The largest absolute Gasteiger partial charge is 0.497 e. The molecule has 1 heterocycles. The molecule has 4 nitrogen and oxygen atoms in total. The molecule has 1 aliphatic heterocycles. The Bertz CT molecular complexity index is 397. The fraction of sp³-hybridized carbons (Fsp3) is 0.625. The summed E-state index contributed by atoms with van der Waals surface area (Å²) < 4.78 is 16.4. The van der Waals surface area contributed by atoms with Gasteiger partial charge < -0.3 is 19.5 Å². The van der Waals surface area contributed by atoms with E-state index in [0.29, 0.717) is 5.92 Å². The lowest BCUT2D eigenvalue weighted by Crippen LogP contribution is -2.33. The van der Waals surface area contributed by atoms with Crippen molar-refractivity contribution >= 4 is 0 Å². The molecular weight excluding hydrogens is 254 g/mol. The normalized spacial score (nSPS) is 22.7. The third-order valence-electron chi connectivity index (χ3n) is 3.76. The molecule has 4 heteroatoms. The van der Waals surface area contributed by atoms with Gasteiger partial charge in [0.05, 0.1) is 19.8 Å². The maximum Gasteiger partial charge on any atom is 0.119 e. The van der Waals surface area contributed by atoms with Gasteiger partial charge in [-0.2, -0.15) is 0 Å². The molecule has 20 heavy (non-hydrogen) atoms. The molecule has 0 spiro atoms. The van der Waals surface area contributed by atoms with Crippen LogP contribution in [-0.2, 0) is 9.47 Å². The van der Waals surface area contributed by atoms with Crippen LogP contribution in [0.2, 0.25) is 0 Å². The minimum atomic E-state index is 0.161. The van der Waals surface area contributed by atoms with E-state index in [9.17, 15) is 0 Å². The third kappa shape index (κ3) is 4.20. The summed E-state index contributed by atoms with van der Waals surface area (Å²) in [6.45, 7) is 3.44. The molecule has 2 unspecified atom stereocenters. The lowest BCUT2D eigenvalue weighted by molar-refractivity contribution is -0.0281. The van der Waals surface area contributed by atoms with E-state index in [2.05, 4.69) is 17.4 Å². The van der Waals surface area contributed by atoms with E-state index < -0.39 is 0 Å². The summed E-state index contributed by atoms with van der Waals surface area (Å²) in [6, 6.07) is 8.21. The monoisotopic (exact) mass is 279 g/mol. The molecule has 1 aliphatic rings. The van der Waals surface area contributed by atoms with Crippen molar-refractivity contribution in [3.63, 3.8) is 0 Å². The van der Waals surface area contributed by atoms with E-state index in [1.807, 2.05) is 12.1 Å². The van der Waals surface area contributed by atoms with Crippen molar-refractivity contribution in [2.24, 2.45) is 5.92 Å². The Morgan fingerprint density at radius 3 is 3.05 bits per heavy atom. The summed E-state index contributed by atoms with van der Waals surface area (Å²) >= 11 is 0. The maximum atomic E-state index is 6.01. The van der Waals surface area contributed by atoms with Crippen LogP contribution in [0, 0.1) is 5.92 Å². The second-order valence-electron chi connectivity index (χ2n) is 5.17. The van der Waals surface area contributed by atoms with Gasteiger partial charge in [-0.15, -0.1) is 0 Å². The first kappa shape index (κ1) is 15.3. The van der Waals surface area contributed by atoms with E-state index in [4.69, 9.17) is 14.2 Å². The lowest BCUT2D eigenvalue weighted by Gasteiger charge is -2.32. The molecule has 1 aromatic carbocycles. The Kier molecular flexibility index (Phi) is 6.30. The molecule has 1 aromatic rings. The first-order valence-electron chi connectivity index (χ1n) is 7.30. The molecule has 112 valence electrons. The molecule has 0 radical (unpaired) electrons. The molecule has 2 atom stereocenters. The van der Waals surface area contributed by atoms with Crippen molar-refractivity contribution in [1.29, 1.82) is 0 Å². The summed E-state index contributed by atoms with van der Waals surface area (Å²) in [7, 11) is 3.43. The first-order chi connectivity index (χ1) is 9.85. The minimum Gasteiger partial charge on any atom is -0.497 e. The van der Waals surface area contributed by atoms with E-state index in [0.717, 1.165) is 38.5 Å². The zero-order valence-electron chi connectivity index (χ0n) is 12.4. The summed E-state index contributed by atoms with van der Waals surface area (Å²) in [5.74, 6) is 1.40. The number of hydrogen-bond donors (Lipinski definition) is 1. The third-order valence-corrected chi connectivity index (χ3v) is 3.76. The summed E-state index contributed by atoms with van der Waals surface area (Å²) in [4.78, 5) is 0. The van der Waals surface area contributed by atoms with Gasteiger partial charge in [-0.1, -0.05) is 12.1 Å². The number of rotatable bonds is 7. The van der Waals surface area contributed by atoms with Gasteiger partial charge in [-0.25, -0.2) is 0 Å². The average molecular weight is 279 g/mol. The zero-order valence-corrected chi connectivity index (χ0v) is 12.4. The first-order valence-corrected chi connectivity index (χ1v) is 7.30. The van der Waals surface area contributed by atoms with Gasteiger partial charge in [-0.3, -0.25) is 0 Å². The van der Waals surface area contributed by atoms with Gasteiger partial charge in [0.15, 0.2) is 0 Å². The Morgan fingerprint density at radius 2 is 2.25 bits per heavy atom. The summed E-state index contributed by atoms with van der Waals surface area (Å²) in [5.41, 5.74) is 1.21. The van der Waals surface area contributed by atoms with Gasteiger partial charge >= 0.3 is 0 Å². The van der Waals surface area contributed by atoms with Crippen LogP contribution in [0.4, 0.5) is 0 Å². The topological polar surface area (TPSA) is 39.7 Å². The SMILES string of the molecule is COCCNCC1CCCOC1c1cccc(OC)c1. The van der Waals surface area contributed by atoms with E-state index in [-0.39, 0.29) is 6.10 Å². The molecule has 0 aromatic heterocycles. The highest BCUT2D eigenvalue weighted by Crippen LogP contribution is 2.34. The zero-order chi connectivity index (χ0) is 14.2. The van der Waals surface area contributed by atoms with Crippen molar-refractivity contribution in [1.82, 2.24) is 5.32 Å². The van der Waals surface area contributed by atoms with Crippen molar-refractivity contribution in [2.75, 3.05) is 40.5 Å². The standard InChI is InChI=1S/C16H25NO3/c1-18-10-8-17-12-14-6-4-9-20-16(14)13-5-3-7-15(11-13)19-2/h3,5,7,11,14,16-17H,4,6,8-10,12H2,1-2H3. The fourth-order valence-electron chi connectivity index (χ4n) is 2.70. The van der Waals surface area contributed by atoms with Crippen LogP contribution >= 0.6 is 0 Å². The van der Waals surface area contributed by atoms with Gasteiger partial charge in [0.1, 0.15) is 5.75 Å². The van der Waals surface area contributed by atoms with Gasteiger partial charge in [-0.05, 0) is 30.5 Å². The number of benzene rings is 1. The summed E-state index contributed by atoms with van der Waals surface area (Å²) in [6.07, 6.45) is 2.49. The molecule has 0 saturated carbocycles. The number of nitrogens with one attached hydrogen (secondary N) is 1. The van der Waals surface area contributed by atoms with Crippen LogP contribution in [0.15, 0.2) is 24.3 Å². The predicted octanol–water partition coefficient (Wildman–Crippen LogP) is 2.40. The molecule has 0 aliphatic carbocycles. The highest BCUT2D eigenvalue weighted by Gasteiger charge is 2.27. The predicted molar refractivity (Wildman–Crippen MR) is 79.2 cm³/mol. The van der Waals surface area contributed by atoms with Crippen molar-refractivity contribution in [3.05, 3.63) is 29.8 Å². The van der Waals surface area contributed by atoms with Gasteiger partial charge in [0, 0.05) is 32.7 Å². The highest BCUT2D eigenvalue weighted by atomic mass is 16.5. The Hall–Kier alpha value is -1.10. The molecule has 1 fully saturated rings. The second-order valence-corrected chi connectivity index (χ2v) is 5.17. The van der Waals surface area contributed by atoms with Crippen LogP contribution < -0.4 is 10.1 Å². The molecule has 1 N–H and O–H groups in total. The molecule has 0 amide bonds. The second kappa shape index (κ2) is 8.25. The van der Waals surface area contributed by atoms with Gasteiger partial charge in [0.2, 0.25) is 0 Å². The molecule has 2 rings (SSSR count). The number of methoxy groups -OCH3 is 2. The van der Waals surface area contributed by atoms with Crippen molar-refractivity contribution in [2.45, 2.75) is 18.9 Å². The molecule has 1 saturated heterocycles. The summed E-state index contributed by atoms with van der Waals surface area (Å²) in [5, 5.41) is 3.45. The Morgan fingerprint density at radius 1 is 1.35 bits per heavy atom. The Labute approximate surface area is 121 Å². The molecule has 0 bridgehead atoms. The van der Waals surface area contributed by atoms with Crippen LogP contribution in [0.3, 0.4) is 0 Å². The van der Waals surface area contributed by atoms with Gasteiger partial charge in [0.25, 0.3) is 0 Å². The fourth-order valence-corrected chi connectivity index (χ4v) is 2.70. The van der Waals surface area contributed by atoms with Crippen molar-refractivity contribution < 1.29 is 14.2 Å². The highest BCUT2D eigenvalue weighted by molar-refractivity contribution is 5.30. The lowest BCUT2D eigenvalue weighted by atomic mass is 9.89. The molecular formula is C16H25NO3. The minimum absolute atomic E-state index is 0.161.